The van der Waals surface area contributed by atoms with Gasteiger partial charge in [0.05, 0.1) is 0 Å². The summed E-state index contributed by atoms with van der Waals surface area (Å²) >= 11 is -0.716. The van der Waals surface area contributed by atoms with Crippen LogP contribution in [0.3, 0.4) is 0 Å². The van der Waals surface area contributed by atoms with E-state index in [0.29, 0.717) is 4.35 Å². The Labute approximate surface area is 58.9 Å². The average molecular weight is 183 g/mol. The molecule has 0 radical (unpaired) electrons. The Hall–Kier alpha value is -0.637. The molecule has 0 saturated carbocycles. The number of carbonyl (C=O) groups is 1. The zero-order valence-electron chi connectivity index (χ0n) is 4.74. The summed E-state index contributed by atoms with van der Waals surface area (Å²) in [5.41, 5.74) is 0. The van der Waals surface area contributed by atoms with Gasteiger partial charge in [-0.3, -0.25) is 0 Å². The standard InChI is InChI=1S/C6H6GeO2/c8-6(9)5-3-1-2-4-7-5/h1-4,7H,(H,8,9). The van der Waals surface area contributed by atoms with Crippen LogP contribution in [0.15, 0.2) is 23.1 Å². The Kier molecular flexibility index (Phi) is 2.00. The van der Waals surface area contributed by atoms with E-state index < -0.39 is 21.0 Å². The molecule has 0 atom stereocenters. The first kappa shape index (κ1) is 6.48. The molecule has 9 heavy (non-hydrogen) atoms. The van der Waals surface area contributed by atoms with Gasteiger partial charge in [0.2, 0.25) is 0 Å². The van der Waals surface area contributed by atoms with Crippen molar-refractivity contribution in [2.24, 2.45) is 0 Å². The van der Waals surface area contributed by atoms with E-state index in [0.717, 1.165) is 0 Å². The van der Waals surface area contributed by atoms with E-state index in [1.165, 1.54) is 0 Å². The van der Waals surface area contributed by atoms with Crippen LogP contribution >= 0.6 is 0 Å². The van der Waals surface area contributed by atoms with Crippen molar-refractivity contribution in [1.82, 2.24) is 0 Å². The van der Waals surface area contributed by atoms with Crippen LogP contribution in [0.25, 0.3) is 0 Å². The monoisotopic (exact) mass is 184 g/mol. The molecule has 3 heteroatoms. The molecule has 2 nitrogen and oxygen atoms in total. The summed E-state index contributed by atoms with van der Waals surface area (Å²) in [6.07, 6.45) is 5.36. The minimum atomic E-state index is -0.754. The number of carboxylic acid groups (broad SMARTS) is 1. The van der Waals surface area contributed by atoms with Crippen LogP contribution in [0.1, 0.15) is 0 Å². The molecule has 0 aromatic heterocycles. The predicted molar refractivity (Wildman–Crippen MR) is 38.1 cm³/mol. The Balaban J connectivity index is 2.84. The van der Waals surface area contributed by atoms with E-state index in [-0.39, 0.29) is 0 Å². The summed E-state index contributed by atoms with van der Waals surface area (Å²) in [5, 5.41) is 8.46. The van der Waals surface area contributed by atoms with Crippen molar-refractivity contribution in [1.29, 1.82) is 0 Å². The molecule has 0 saturated heterocycles. The fraction of sp³-hybridized carbons (Fsp3) is 0. The van der Waals surface area contributed by atoms with Gasteiger partial charge in [-0.25, -0.2) is 0 Å². The minimum absolute atomic E-state index is 0.612. The van der Waals surface area contributed by atoms with E-state index in [9.17, 15) is 4.79 Å². The SMILES string of the molecule is O=C(O)[C]1=[GeH][CH]=CC=C1. The Bertz CT molecular complexity index is 213. The second-order valence-electron chi connectivity index (χ2n) is 1.67. The Morgan fingerprint density at radius 2 is 2.33 bits per heavy atom. The molecular formula is C6H6GeO2. The Morgan fingerprint density at radius 3 is 2.67 bits per heavy atom. The molecule has 0 spiro atoms. The summed E-state index contributed by atoms with van der Waals surface area (Å²) in [6.45, 7) is 0. The second-order valence-corrected chi connectivity index (χ2v) is 4.48. The first-order valence-corrected chi connectivity index (χ1v) is 5.20. The van der Waals surface area contributed by atoms with E-state index in [2.05, 4.69) is 0 Å². The number of allylic oxidation sites excluding steroid dienone is 2. The van der Waals surface area contributed by atoms with Gasteiger partial charge in [0, 0.05) is 0 Å². The quantitative estimate of drug-likeness (QED) is 0.569. The van der Waals surface area contributed by atoms with Crippen LogP contribution in [-0.2, 0) is 4.79 Å². The van der Waals surface area contributed by atoms with Crippen LogP contribution in [-0.4, -0.2) is 30.4 Å². The molecule has 0 aliphatic carbocycles. The molecule has 1 rings (SSSR count). The summed E-state index contributed by atoms with van der Waals surface area (Å²) < 4.78 is 0.612. The summed E-state index contributed by atoms with van der Waals surface area (Å²) in [5.74, 6) is -0.754. The number of hydrogen-bond acceptors (Lipinski definition) is 1. The zero-order chi connectivity index (χ0) is 6.69. The summed E-state index contributed by atoms with van der Waals surface area (Å²) in [7, 11) is 0. The van der Waals surface area contributed by atoms with Gasteiger partial charge in [-0.05, 0) is 0 Å². The average Bonchev–Trinajstić information content (AvgIpc) is 1.90. The second kappa shape index (κ2) is 2.78. The van der Waals surface area contributed by atoms with E-state index in [1.807, 2.05) is 11.0 Å². The van der Waals surface area contributed by atoms with Gasteiger partial charge in [-0.1, -0.05) is 0 Å². The molecule has 0 aromatic rings. The maximum absolute atomic E-state index is 10.3. The van der Waals surface area contributed by atoms with Crippen molar-refractivity contribution >= 4 is 25.3 Å². The fourth-order valence-corrected chi connectivity index (χ4v) is 2.28. The van der Waals surface area contributed by atoms with Crippen molar-refractivity contribution in [3.63, 3.8) is 0 Å². The van der Waals surface area contributed by atoms with Crippen LogP contribution in [0.2, 0.25) is 0 Å². The topological polar surface area (TPSA) is 37.3 Å². The molecule has 1 heterocycles. The van der Waals surface area contributed by atoms with E-state index in [1.54, 1.807) is 12.2 Å². The molecule has 1 aliphatic heterocycles. The zero-order valence-corrected chi connectivity index (χ0v) is 7.16. The fourth-order valence-electron chi connectivity index (χ4n) is 0.581. The molecule has 0 fully saturated rings. The number of rotatable bonds is 1. The van der Waals surface area contributed by atoms with Crippen molar-refractivity contribution < 1.29 is 9.90 Å². The van der Waals surface area contributed by atoms with Crippen LogP contribution in [0, 0.1) is 0 Å². The number of hydrogen-bond donors (Lipinski definition) is 1. The van der Waals surface area contributed by atoms with Gasteiger partial charge in [0.25, 0.3) is 0 Å². The van der Waals surface area contributed by atoms with Crippen molar-refractivity contribution in [3.8, 4) is 0 Å². The Morgan fingerprint density at radius 1 is 1.56 bits per heavy atom. The molecule has 46 valence electrons. The first-order valence-electron chi connectivity index (χ1n) is 2.59. The molecule has 1 N–H and O–H groups in total. The number of carboxylic acids is 1. The van der Waals surface area contributed by atoms with Gasteiger partial charge >= 0.3 is 58.3 Å². The maximum atomic E-state index is 10.3. The van der Waals surface area contributed by atoms with E-state index >= 15 is 0 Å². The van der Waals surface area contributed by atoms with Crippen molar-refractivity contribution in [2.45, 2.75) is 0 Å². The van der Waals surface area contributed by atoms with Gasteiger partial charge in [0.15, 0.2) is 0 Å². The molecule has 0 amide bonds. The molecular weight excluding hydrogens is 177 g/mol. The van der Waals surface area contributed by atoms with Gasteiger partial charge in [-0.15, -0.1) is 0 Å². The van der Waals surface area contributed by atoms with Gasteiger partial charge < -0.3 is 0 Å². The molecule has 0 bridgehead atoms. The molecule has 0 aromatic carbocycles. The van der Waals surface area contributed by atoms with Gasteiger partial charge in [0.1, 0.15) is 0 Å². The third kappa shape index (κ3) is 1.64. The molecule has 1 aliphatic rings. The first-order chi connectivity index (χ1) is 4.30. The third-order valence-corrected chi connectivity index (χ3v) is 3.57. The van der Waals surface area contributed by atoms with Gasteiger partial charge in [-0.2, -0.15) is 0 Å². The summed E-state index contributed by atoms with van der Waals surface area (Å²) in [4.78, 5) is 12.3. The van der Waals surface area contributed by atoms with E-state index in [4.69, 9.17) is 5.11 Å². The molecule has 0 unspecified atom stereocenters. The van der Waals surface area contributed by atoms with Crippen molar-refractivity contribution in [2.75, 3.05) is 0 Å². The van der Waals surface area contributed by atoms with Crippen molar-refractivity contribution in [3.05, 3.63) is 23.1 Å². The normalized spacial score (nSPS) is 15.3. The predicted octanol–water partition coefficient (Wildman–Crippen LogP) is -0.237. The van der Waals surface area contributed by atoms with Crippen LogP contribution < -0.4 is 0 Å². The van der Waals surface area contributed by atoms with Crippen LogP contribution in [0.4, 0.5) is 0 Å². The van der Waals surface area contributed by atoms with Crippen LogP contribution in [0.5, 0.6) is 0 Å². The number of aliphatic carboxylic acids is 1. The summed E-state index contributed by atoms with van der Waals surface area (Å²) in [6, 6.07) is 0. The third-order valence-electron chi connectivity index (χ3n) is 1.02.